The third kappa shape index (κ3) is 2.80. The van der Waals surface area contributed by atoms with E-state index < -0.39 is 5.79 Å². The Morgan fingerprint density at radius 1 is 1.31 bits per heavy atom. The summed E-state index contributed by atoms with van der Waals surface area (Å²) in [6, 6.07) is 7.60. The SMILES string of the molecule is CCOC(=O)[C@H]1CCCN(CN2C(=O)C3(OCCO3)c3ccccc32)C1. The lowest BCUT2D eigenvalue weighted by atomic mass is 9.98. The number of fused-ring (bicyclic) bond motifs is 2. The Morgan fingerprint density at radius 2 is 2.08 bits per heavy atom. The Labute approximate surface area is 152 Å². The van der Waals surface area contributed by atoms with Crippen molar-refractivity contribution in [3.8, 4) is 0 Å². The lowest BCUT2D eigenvalue weighted by molar-refractivity contribution is -0.181. The maximum atomic E-state index is 13.1. The molecule has 1 amide bonds. The summed E-state index contributed by atoms with van der Waals surface area (Å²) in [7, 11) is 0. The summed E-state index contributed by atoms with van der Waals surface area (Å²) in [5.41, 5.74) is 1.58. The van der Waals surface area contributed by atoms with Crippen LogP contribution in [0.2, 0.25) is 0 Å². The van der Waals surface area contributed by atoms with Crippen LogP contribution >= 0.6 is 0 Å². The van der Waals surface area contributed by atoms with E-state index in [1.165, 1.54) is 0 Å². The fraction of sp³-hybridized carbons (Fsp3) is 0.579. The number of likely N-dealkylation sites (tertiary alicyclic amines) is 1. The lowest BCUT2D eigenvalue weighted by Gasteiger charge is -2.34. The quantitative estimate of drug-likeness (QED) is 0.758. The zero-order chi connectivity index (χ0) is 18.1. The van der Waals surface area contributed by atoms with Gasteiger partial charge in [-0.25, -0.2) is 0 Å². The van der Waals surface area contributed by atoms with Gasteiger partial charge in [0, 0.05) is 12.1 Å². The molecule has 1 atom stereocenters. The van der Waals surface area contributed by atoms with Crippen LogP contribution in [0.4, 0.5) is 5.69 Å². The third-order valence-electron chi connectivity index (χ3n) is 5.24. The number of amides is 1. The largest absolute Gasteiger partial charge is 0.466 e. The van der Waals surface area contributed by atoms with Crippen LogP contribution in [0.25, 0.3) is 0 Å². The van der Waals surface area contributed by atoms with Gasteiger partial charge in [0.2, 0.25) is 0 Å². The molecular weight excluding hydrogens is 336 g/mol. The average molecular weight is 360 g/mol. The van der Waals surface area contributed by atoms with Gasteiger partial charge < -0.3 is 14.2 Å². The predicted molar refractivity (Wildman–Crippen MR) is 93.3 cm³/mol. The van der Waals surface area contributed by atoms with Gasteiger partial charge in [0.25, 0.3) is 11.7 Å². The van der Waals surface area contributed by atoms with Crippen molar-refractivity contribution in [2.45, 2.75) is 25.6 Å². The van der Waals surface area contributed by atoms with Crippen molar-refractivity contribution in [3.05, 3.63) is 29.8 Å². The Morgan fingerprint density at radius 3 is 2.85 bits per heavy atom. The van der Waals surface area contributed by atoms with Crippen LogP contribution in [-0.4, -0.2) is 56.4 Å². The predicted octanol–water partition coefficient (Wildman–Crippen LogP) is 1.47. The van der Waals surface area contributed by atoms with Gasteiger partial charge in [-0.15, -0.1) is 0 Å². The van der Waals surface area contributed by atoms with Crippen molar-refractivity contribution in [3.63, 3.8) is 0 Å². The molecule has 2 saturated heterocycles. The molecule has 7 nitrogen and oxygen atoms in total. The Bertz CT molecular complexity index is 701. The molecule has 0 N–H and O–H groups in total. The van der Waals surface area contributed by atoms with Gasteiger partial charge in [-0.2, -0.15) is 0 Å². The highest BCUT2D eigenvalue weighted by molar-refractivity contribution is 6.06. The van der Waals surface area contributed by atoms with Gasteiger partial charge in [0.1, 0.15) is 0 Å². The van der Waals surface area contributed by atoms with Crippen molar-refractivity contribution < 1.29 is 23.8 Å². The van der Waals surface area contributed by atoms with Crippen molar-refractivity contribution in [1.29, 1.82) is 0 Å². The number of anilines is 1. The number of nitrogens with zero attached hydrogens (tertiary/aromatic N) is 2. The van der Waals surface area contributed by atoms with Crippen LogP contribution in [0.3, 0.4) is 0 Å². The standard InChI is InChI=1S/C19H24N2O5/c1-2-24-17(22)14-6-5-9-20(12-14)13-21-16-8-4-3-7-15(16)19(18(21)23)25-10-11-26-19/h3-4,7-8,14H,2,5-6,9-13H2,1H3/t14-/m0/s1. The number of hydrogen-bond acceptors (Lipinski definition) is 6. The normalized spacial score (nSPS) is 24.9. The molecule has 2 fully saturated rings. The second-order valence-corrected chi connectivity index (χ2v) is 6.87. The van der Waals surface area contributed by atoms with E-state index in [0.29, 0.717) is 33.0 Å². The van der Waals surface area contributed by atoms with Crippen LogP contribution in [0.5, 0.6) is 0 Å². The minimum atomic E-state index is -1.30. The summed E-state index contributed by atoms with van der Waals surface area (Å²) >= 11 is 0. The first-order valence-electron chi connectivity index (χ1n) is 9.24. The van der Waals surface area contributed by atoms with Crippen molar-refractivity contribution >= 4 is 17.6 Å². The van der Waals surface area contributed by atoms with Crippen LogP contribution in [-0.2, 0) is 29.6 Å². The topological polar surface area (TPSA) is 68.3 Å². The smallest absolute Gasteiger partial charge is 0.310 e. The van der Waals surface area contributed by atoms with E-state index in [1.807, 2.05) is 31.2 Å². The number of benzene rings is 1. The van der Waals surface area contributed by atoms with Gasteiger partial charge in [-0.1, -0.05) is 18.2 Å². The molecule has 4 rings (SSSR count). The third-order valence-corrected chi connectivity index (χ3v) is 5.24. The summed E-state index contributed by atoms with van der Waals surface area (Å²) in [6.45, 7) is 4.88. The van der Waals surface area contributed by atoms with E-state index in [2.05, 4.69) is 4.90 Å². The van der Waals surface area contributed by atoms with Crippen molar-refractivity contribution in [2.24, 2.45) is 5.92 Å². The maximum absolute atomic E-state index is 13.1. The molecule has 0 radical (unpaired) electrons. The number of carbonyl (C=O) groups is 2. The van der Waals surface area contributed by atoms with Crippen molar-refractivity contribution in [2.75, 3.05) is 44.5 Å². The molecule has 3 aliphatic heterocycles. The van der Waals surface area contributed by atoms with E-state index in [9.17, 15) is 9.59 Å². The van der Waals surface area contributed by atoms with Crippen LogP contribution < -0.4 is 4.90 Å². The fourth-order valence-corrected chi connectivity index (χ4v) is 4.06. The molecule has 0 aliphatic carbocycles. The highest BCUT2D eigenvalue weighted by Crippen LogP contribution is 2.45. The molecule has 7 heteroatoms. The average Bonchev–Trinajstić information content (AvgIpc) is 3.24. The molecule has 0 saturated carbocycles. The van der Waals surface area contributed by atoms with Gasteiger partial charge in [0.15, 0.2) is 0 Å². The Balaban J connectivity index is 1.53. The minimum Gasteiger partial charge on any atom is -0.466 e. The number of para-hydroxylation sites is 1. The molecule has 3 heterocycles. The monoisotopic (exact) mass is 360 g/mol. The van der Waals surface area contributed by atoms with E-state index in [0.717, 1.165) is 30.6 Å². The summed E-state index contributed by atoms with van der Waals surface area (Å²) < 4.78 is 16.7. The van der Waals surface area contributed by atoms with E-state index in [1.54, 1.807) is 4.90 Å². The summed E-state index contributed by atoms with van der Waals surface area (Å²) in [4.78, 5) is 29.1. The Hall–Kier alpha value is -1.96. The zero-order valence-corrected chi connectivity index (χ0v) is 15.0. The summed E-state index contributed by atoms with van der Waals surface area (Å²) in [5, 5.41) is 0. The highest BCUT2D eigenvalue weighted by Gasteiger charge is 2.56. The molecule has 1 spiro atoms. The molecule has 1 aromatic rings. The number of rotatable bonds is 4. The molecule has 140 valence electrons. The molecule has 0 aromatic heterocycles. The van der Waals surface area contributed by atoms with Gasteiger partial charge in [-0.05, 0) is 32.4 Å². The van der Waals surface area contributed by atoms with Gasteiger partial charge in [0.05, 0.1) is 38.1 Å². The molecule has 0 unspecified atom stereocenters. The number of ether oxygens (including phenoxy) is 3. The van der Waals surface area contributed by atoms with Gasteiger partial charge >= 0.3 is 5.97 Å². The number of hydrogen-bond donors (Lipinski definition) is 0. The van der Waals surface area contributed by atoms with Crippen LogP contribution in [0, 0.1) is 5.92 Å². The zero-order valence-electron chi connectivity index (χ0n) is 15.0. The van der Waals surface area contributed by atoms with E-state index >= 15 is 0 Å². The fourth-order valence-electron chi connectivity index (χ4n) is 4.06. The maximum Gasteiger partial charge on any atom is 0.310 e. The first-order chi connectivity index (χ1) is 12.7. The Kier molecular flexibility index (Phi) is 4.69. The summed E-state index contributed by atoms with van der Waals surface area (Å²) in [5.74, 6) is -1.77. The molecule has 1 aromatic carbocycles. The number of carbonyl (C=O) groups excluding carboxylic acids is 2. The molecule has 3 aliphatic rings. The molecular formula is C19H24N2O5. The second-order valence-electron chi connectivity index (χ2n) is 6.87. The van der Waals surface area contributed by atoms with E-state index in [4.69, 9.17) is 14.2 Å². The molecule has 0 bridgehead atoms. The second kappa shape index (κ2) is 6.98. The highest BCUT2D eigenvalue weighted by atomic mass is 16.7. The van der Waals surface area contributed by atoms with Gasteiger partial charge in [-0.3, -0.25) is 19.4 Å². The first kappa shape index (κ1) is 17.5. The van der Waals surface area contributed by atoms with E-state index in [-0.39, 0.29) is 17.8 Å². The number of esters is 1. The number of piperidine rings is 1. The minimum absolute atomic E-state index is 0.135. The van der Waals surface area contributed by atoms with Crippen molar-refractivity contribution in [1.82, 2.24) is 4.90 Å². The lowest BCUT2D eigenvalue weighted by Crippen LogP contribution is -2.49. The summed E-state index contributed by atoms with van der Waals surface area (Å²) in [6.07, 6.45) is 1.74. The molecule has 26 heavy (non-hydrogen) atoms. The first-order valence-corrected chi connectivity index (χ1v) is 9.24. The van der Waals surface area contributed by atoms with Crippen LogP contribution in [0.15, 0.2) is 24.3 Å². The van der Waals surface area contributed by atoms with Crippen LogP contribution in [0.1, 0.15) is 25.3 Å².